The molecule has 0 saturated heterocycles. The third kappa shape index (κ3) is 6.24. The lowest BCUT2D eigenvalue weighted by Gasteiger charge is -2.23. The number of benzene rings is 1. The van der Waals surface area contributed by atoms with Crippen LogP contribution in [0.4, 0.5) is 18.0 Å². The van der Waals surface area contributed by atoms with Gasteiger partial charge in [0.15, 0.2) is 5.54 Å². The van der Waals surface area contributed by atoms with Crippen molar-refractivity contribution in [2.75, 3.05) is 0 Å². The first-order chi connectivity index (χ1) is 13.2. The average molecular weight is 419 g/mol. The molecule has 3 amide bonds. The van der Waals surface area contributed by atoms with Crippen molar-refractivity contribution in [3.8, 4) is 5.75 Å². The molecule has 29 heavy (non-hydrogen) atoms. The van der Waals surface area contributed by atoms with Crippen LogP contribution in [0.25, 0.3) is 0 Å². The molecule has 1 aromatic carbocycles. The quantitative estimate of drug-likeness (QED) is 0.547. The second-order valence-electron chi connectivity index (χ2n) is 7.30. The van der Waals surface area contributed by atoms with E-state index in [9.17, 15) is 32.7 Å². The predicted molar refractivity (Wildman–Crippen MR) is 91.5 cm³/mol. The lowest BCUT2D eigenvalue weighted by atomic mass is 10.2. The van der Waals surface area contributed by atoms with E-state index < -0.39 is 47.3 Å². The van der Waals surface area contributed by atoms with E-state index in [4.69, 9.17) is 4.74 Å². The van der Waals surface area contributed by atoms with Crippen molar-refractivity contribution in [2.45, 2.75) is 50.8 Å². The summed E-state index contributed by atoms with van der Waals surface area (Å²) in [5.41, 5.74) is 1.57. The molecule has 0 bridgehead atoms. The molecule has 0 aliphatic heterocycles. The Morgan fingerprint density at radius 2 is 1.66 bits per heavy atom. The maximum Gasteiger partial charge on any atom is 0.573 e. The SMILES string of the molecule is CC(C)(C)OC(=O)NC1(C(=O)NNC(=O)c2ccc(OC(F)(F)F)cc2)CC1O. The molecule has 0 aromatic heterocycles. The lowest BCUT2D eigenvalue weighted by Crippen LogP contribution is -2.56. The van der Waals surface area contributed by atoms with Gasteiger partial charge in [0.25, 0.3) is 11.8 Å². The summed E-state index contributed by atoms with van der Waals surface area (Å²) in [4.78, 5) is 36.2. The van der Waals surface area contributed by atoms with Crippen molar-refractivity contribution in [2.24, 2.45) is 0 Å². The third-order valence-electron chi connectivity index (χ3n) is 3.69. The molecular weight excluding hydrogens is 399 g/mol. The van der Waals surface area contributed by atoms with Crippen LogP contribution in [-0.4, -0.2) is 46.6 Å². The van der Waals surface area contributed by atoms with Crippen molar-refractivity contribution in [1.82, 2.24) is 16.2 Å². The van der Waals surface area contributed by atoms with Gasteiger partial charge in [-0.25, -0.2) is 4.79 Å². The molecule has 160 valence electrons. The summed E-state index contributed by atoms with van der Waals surface area (Å²) in [6.45, 7) is 4.86. The van der Waals surface area contributed by atoms with Crippen LogP contribution in [0, 0.1) is 0 Å². The number of hydrazine groups is 1. The van der Waals surface area contributed by atoms with Crippen LogP contribution in [0.15, 0.2) is 24.3 Å². The molecule has 0 radical (unpaired) electrons. The first kappa shape index (κ1) is 22.3. The molecular formula is C17H20F3N3O6. The van der Waals surface area contributed by atoms with Crippen LogP contribution in [-0.2, 0) is 9.53 Å². The minimum atomic E-state index is -4.86. The first-order valence-corrected chi connectivity index (χ1v) is 8.38. The molecule has 2 unspecified atom stereocenters. The molecule has 1 aromatic rings. The van der Waals surface area contributed by atoms with E-state index >= 15 is 0 Å². The zero-order chi connectivity index (χ0) is 22.0. The predicted octanol–water partition coefficient (Wildman–Crippen LogP) is 1.37. The number of aliphatic hydroxyl groups is 1. The van der Waals surface area contributed by atoms with Crippen LogP contribution in [0.3, 0.4) is 0 Å². The highest BCUT2D eigenvalue weighted by molar-refractivity contribution is 5.98. The highest BCUT2D eigenvalue weighted by Gasteiger charge is 2.61. The van der Waals surface area contributed by atoms with Crippen LogP contribution in [0.2, 0.25) is 0 Å². The summed E-state index contributed by atoms with van der Waals surface area (Å²) in [7, 11) is 0. The number of alkyl halides is 3. The van der Waals surface area contributed by atoms with Crippen molar-refractivity contribution < 1.29 is 42.1 Å². The van der Waals surface area contributed by atoms with Gasteiger partial charge in [0, 0.05) is 12.0 Å². The van der Waals surface area contributed by atoms with Gasteiger partial charge < -0.3 is 19.9 Å². The van der Waals surface area contributed by atoms with Gasteiger partial charge in [-0.1, -0.05) is 0 Å². The minimum absolute atomic E-state index is 0.0645. The second-order valence-corrected chi connectivity index (χ2v) is 7.30. The van der Waals surface area contributed by atoms with Gasteiger partial charge in [0.05, 0.1) is 6.10 Å². The van der Waals surface area contributed by atoms with E-state index in [-0.39, 0.29) is 12.0 Å². The van der Waals surface area contributed by atoms with Gasteiger partial charge in [-0.05, 0) is 45.0 Å². The number of alkyl carbamates (subject to hydrolysis) is 1. The van der Waals surface area contributed by atoms with Gasteiger partial charge in [-0.3, -0.25) is 20.4 Å². The monoisotopic (exact) mass is 419 g/mol. The maximum absolute atomic E-state index is 12.3. The Morgan fingerprint density at radius 3 is 2.10 bits per heavy atom. The summed E-state index contributed by atoms with van der Waals surface area (Å²) in [5.74, 6) is -2.24. The Hall–Kier alpha value is -3.02. The summed E-state index contributed by atoms with van der Waals surface area (Å²) < 4.78 is 45.1. The number of ether oxygens (including phenoxy) is 2. The number of rotatable bonds is 4. The van der Waals surface area contributed by atoms with Crippen molar-refractivity contribution in [3.63, 3.8) is 0 Å². The number of hydrogen-bond acceptors (Lipinski definition) is 6. The molecule has 0 heterocycles. The van der Waals surface area contributed by atoms with E-state index in [0.717, 1.165) is 24.3 Å². The van der Waals surface area contributed by atoms with Crippen molar-refractivity contribution in [1.29, 1.82) is 0 Å². The molecule has 1 fully saturated rings. The Bertz CT molecular complexity index is 791. The molecule has 9 nitrogen and oxygen atoms in total. The highest BCUT2D eigenvalue weighted by Crippen LogP contribution is 2.36. The van der Waals surface area contributed by atoms with Gasteiger partial charge in [0.1, 0.15) is 11.4 Å². The number of hydrogen-bond donors (Lipinski definition) is 4. The molecule has 1 aliphatic carbocycles. The van der Waals surface area contributed by atoms with Crippen LogP contribution in [0.1, 0.15) is 37.6 Å². The van der Waals surface area contributed by atoms with Gasteiger partial charge >= 0.3 is 12.5 Å². The fraction of sp³-hybridized carbons (Fsp3) is 0.471. The Kier molecular flexibility index (Phi) is 5.97. The lowest BCUT2D eigenvalue weighted by molar-refractivity contribution is -0.274. The van der Waals surface area contributed by atoms with Gasteiger partial charge in [-0.2, -0.15) is 0 Å². The normalized spacial score (nSPS) is 21.0. The fourth-order valence-electron chi connectivity index (χ4n) is 2.27. The molecule has 12 heteroatoms. The molecule has 4 N–H and O–H groups in total. The number of halogens is 3. The maximum atomic E-state index is 12.3. The Balaban J connectivity index is 1.92. The molecule has 1 saturated carbocycles. The van der Waals surface area contributed by atoms with Gasteiger partial charge in [0.2, 0.25) is 0 Å². The Morgan fingerprint density at radius 1 is 1.10 bits per heavy atom. The number of aliphatic hydroxyl groups excluding tert-OH is 1. The minimum Gasteiger partial charge on any atom is -0.444 e. The van der Waals surface area contributed by atoms with E-state index in [2.05, 4.69) is 15.5 Å². The largest absolute Gasteiger partial charge is 0.573 e. The molecule has 1 aliphatic rings. The summed E-state index contributed by atoms with van der Waals surface area (Å²) in [6, 6.07) is 3.98. The van der Waals surface area contributed by atoms with Crippen LogP contribution >= 0.6 is 0 Å². The fourth-order valence-corrected chi connectivity index (χ4v) is 2.27. The van der Waals surface area contributed by atoms with Crippen molar-refractivity contribution in [3.05, 3.63) is 29.8 Å². The molecule has 2 atom stereocenters. The number of nitrogens with one attached hydrogen (secondary N) is 3. The molecule has 2 rings (SSSR count). The standard InChI is InChI=1S/C17H20F3N3O6/c1-15(2,3)29-14(27)21-16(8-11(16)24)13(26)23-22-12(25)9-4-6-10(7-5-9)28-17(18,19)20/h4-7,11,24H,8H2,1-3H3,(H,21,27)(H,22,25)(H,23,26). The number of carbonyl (C=O) groups is 3. The topological polar surface area (TPSA) is 126 Å². The van der Waals surface area contributed by atoms with E-state index in [1.807, 2.05) is 5.43 Å². The van der Waals surface area contributed by atoms with Crippen molar-refractivity contribution >= 4 is 17.9 Å². The number of carbonyl (C=O) groups excluding carboxylic acids is 3. The average Bonchev–Trinajstić information content (AvgIpc) is 3.20. The summed E-state index contributed by atoms with van der Waals surface area (Å²) in [6.07, 6.45) is -7.04. The van der Waals surface area contributed by atoms with E-state index in [0.29, 0.717) is 0 Å². The van der Waals surface area contributed by atoms with E-state index in [1.165, 1.54) is 0 Å². The zero-order valence-corrected chi connectivity index (χ0v) is 15.7. The van der Waals surface area contributed by atoms with Crippen LogP contribution in [0.5, 0.6) is 5.75 Å². The highest BCUT2D eigenvalue weighted by atomic mass is 19.4. The first-order valence-electron chi connectivity index (χ1n) is 8.38. The third-order valence-corrected chi connectivity index (χ3v) is 3.69. The van der Waals surface area contributed by atoms with E-state index in [1.54, 1.807) is 20.8 Å². The second kappa shape index (κ2) is 7.78. The molecule has 0 spiro atoms. The van der Waals surface area contributed by atoms with Crippen LogP contribution < -0.4 is 20.9 Å². The Labute approximate surface area is 163 Å². The summed E-state index contributed by atoms with van der Waals surface area (Å²) in [5, 5.41) is 12.0. The van der Waals surface area contributed by atoms with Gasteiger partial charge in [-0.15, -0.1) is 13.2 Å². The number of amides is 3. The zero-order valence-electron chi connectivity index (χ0n) is 15.7. The smallest absolute Gasteiger partial charge is 0.444 e. The summed E-state index contributed by atoms with van der Waals surface area (Å²) >= 11 is 0.